The Morgan fingerprint density at radius 3 is 2.37 bits per heavy atom. The van der Waals surface area contributed by atoms with Gasteiger partial charge in [0.25, 0.3) is 14.2 Å². The van der Waals surface area contributed by atoms with Gasteiger partial charge in [0.1, 0.15) is 5.75 Å². The number of benzene rings is 1. The lowest BCUT2D eigenvalue weighted by molar-refractivity contribution is 0.415. The van der Waals surface area contributed by atoms with Crippen LogP contribution in [0.5, 0.6) is 5.75 Å². The summed E-state index contributed by atoms with van der Waals surface area (Å²) in [5.41, 5.74) is 0.738. The molecule has 19 heavy (non-hydrogen) atoms. The highest BCUT2D eigenvalue weighted by Gasteiger charge is 2.22. The van der Waals surface area contributed by atoms with Gasteiger partial charge >= 0.3 is 0 Å². The van der Waals surface area contributed by atoms with Crippen molar-refractivity contribution in [1.82, 2.24) is 14.8 Å². The minimum atomic E-state index is -3.91. The second-order valence-corrected chi connectivity index (χ2v) is 6.18. The van der Waals surface area contributed by atoms with E-state index in [9.17, 15) is 8.42 Å². The van der Waals surface area contributed by atoms with Crippen LogP contribution in [0.15, 0.2) is 29.4 Å². The topological polar surface area (TPSA) is 74.1 Å². The molecule has 2 aromatic rings. The summed E-state index contributed by atoms with van der Waals surface area (Å²) in [6.07, 6.45) is 0. The van der Waals surface area contributed by atoms with Gasteiger partial charge in [-0.1, -0.05) is 0 Å². The Bertz CT molecular complexity index is 680. The molecule has 0 amide bonds. The Kier molecular flexibility index (Phi) is 3.77. The second-order valence-electron chi connectivity index (χ2n) is 3.72. The summed E-state index contributed by atoms with van der Waals surface area (Å²) in [7, 11) is 2.98. The SMILES string of the molecule is CCn1c(-c2ccc(OC)cc2)nnc1S(=O)(=O)Cl. The van der Waals surface area contributed by atoms with Crippen molar-refractivity contribution in [2.24, 2.45) is 0 Å². The van der Waals surface area contributed by atoms with Gasteiger partial charge in [-0.3, -0.25) is 4.57 Å². The zero-order valence-electron chi connectivity index (χ0n) is 10.4. The number of hydrogen-bond donors (Lipinski definition) is 0. The highest BCUT2D eigenvalue weighted by Crippen LogP contribution is 2.24. The maximum Gasteiger partial charge on any atom is 0.296 e. The van der Waals surface area contributed by atoms with Gasteiger partial charge in [0.05, 0.1) is 7.11 Å². The van der Waals surface area contributed by atoms with Gasteiger partial charge in [0.15, 0.2) is 5.82 Å². The first kappa shape index (κ1) is 13.8. The predicted molar refractivity (Wildman–Crippen MR) is 70.7 cm³/mol. The van der Waals surface area contributed by atoms with Crippen molar-refractivity contribution in [3.05, 3.63) is 24.3 Å². The Hall–Kier alpha value is -1.60. The molecule has 6 nitrogen and oxygen atoms in total. The predicted octanol–water partition coefficient (Wildman–Crippen LogP) is 1.90. The number of methoxy groups -OCH3 is 1. The lowest BCUT2D eigenvalue weighted by atomic mass is 10.2. The van der Waals surface area contributed by atoms with Crippen molar-refractivity contribution in [3.63, 3.8) is 0 Å². The molecule has 0 aliphatic carbocycles. The van der Waals surface area contributed by atoms with Crippen molar-refractivity contribution in [2.75, 3.05) is 7.11 Å². The van der Waals surface area contributed by atoms with Crippen molar-refractivity contribution in [2.45, 2.75) is 18.6 Å². The minimum Gasteiger partial charge on any atom is -0.497 e. The smallest absolute Gasteiger partial charge is 0.296 e. The fourth-order valence-corrected chi connectivity index (χ4v) is 2.67. The molecule has 1 heterocycles. The summed E-state index contributed by atoms with van der Waals surface area (Å²) in [5.74, 6) is 1.15. The first-order chi connectivity index (χ1) is 8.97. The van der Waals surface area contributed by atoms with Gasteiger partial charge in [-0.25, -0.2) is 8.42 Å². The normalized spacial score (nSPS) is 11.5. The van der Waals surface area contributed by atoms with Crippen LogP contribution in [0, 0.1) is 0 Å². The molecule has 0 fully saturated rings. The van der Waals surface area contributed by atoms with Crippen molar-refractivity contribution in [1.29, 1.82) is 0 Å². The molecule has 0 atom stereocenters. The van der Waals surface area contributed by atoms with Crippen LogP contribution in [-0.4, -0.2) is 30.3 Å². The van der Waals surface area contributed by atoms with Crippen molar-refractivity contribution >= 4 is 19.7 Å². The number of rotatable bonds is 4. The molecule has 0 aliphatic heterocycles. The highest BCUT2D eigenvalue weighted by molar-refractivity contribution is 8.13. The molecule has 0 N–H and O–H groups in total. The molecule has 8 heteroatoms. The maximum atomic E-state index is 11.4. The third-order valence-corrected chi connectivity index (χ3v) is 3.75. The number of halogens is 1. The molecule has 0 spiro atoms. The van der Waals surface area contributed by atoms with E-state index in [2.05, 4.69) is 10.2 Å². The molecule has 1 aromatic carbocycles. The van der Waals surface area contributed by atoms with Gasteiger partial charge in [0.2, 0.25) is 0 Å². The van der Waals surface area contributed by atoms with Crippen LogP contribution in [0.4, 0.5) is 0 Å². The average Bonchev–Trinajstić information content (AvgIpc) is 2.82. The quantitative estimate of drug-likeness (QED) is 0.806. The van der Waals surface area contributed by atoms with Gasteiger partial charge in [0, 0.05) is 22.8 Å². The molecule has 0 saturated carbocycles. The highest BCUT2D eigenvalue weighted by atomic mass is 35.7. The Balaban J connectivity index is 2.53. The van der Waals surface area contributed by atoms with E-state index in [1.165, 1.54) is 4.57 Å². The van der Waals surface area contributed by atoms with Crippen molar-refractivity contribution in [3.8, 4) is 17.1 Å². The minimum absolute atomic E-state index is 0.248. The standard InChI is InChI=1S/C11H12ClN3O3S/c1-3-15-10(13-14-11(15)19(12,16)17)8-4-6-9(18-2)7-5-8/h4-7H,3H2,1-2H3. The number of hydrogen-bond acceptors (Lipinski definition) is 5. The monoisotopic (exact) mass is 301 g/mol. The van der Waals surface area contributed by atoms with Crippen LogP contribution in [-0.2, 0) is 15.6 Å². The summed E-state index contributed by atoms with van der Waals surface area (Å²) in [5, 5.41) is 7.28. The lowest BCUT2D eigenvalue weighted by Gasteiger charge is -2.06. The van der Waals surface area contributed by atoms with E-state index < -0.39 is 9.05 Å². The molecule has 0 bridgehead atoms. The lowest BCUT2D eigenvalue weighted by Crippen LogP contribution is -2.06. The molecule has 102 valence electrons. The third kappa shape index (κ3) is 2.71. The van der Waals surface area contributed by atoms with E-state index in [4.69, 9.17) is 15.4 Å². The van der Waals surface area contributed by atoms with E-state index >= 15 is 0 Å². The zero-order valence-corrected chi connectivity index (χ0v) is 11.9. The summed E-state index contributed by atoms with van der Waals surface area (Å²) in [6.45, 7) is 2.19. The van der Waals surface area contributed by atoms with Crippen LogP contribution in [0.1, 0.15) is 6.92 Å². The molecular weight excluding hydrogens is 290 g/mol. The number of nitrogens with zero attached hydrogens (tertiary/aromatic N) is 3. The summed E-state index contributed by atoms with van der Waals surface area (Å²) in [6, 6.07) is 7.08. The molecule has 0 unspecified atom stereocenters. The van der Waals surface area contributed by atoms with Gasteiger partial charge in [-0.05, 0) is 31.2 Å². The largest absolute Gasteiger partial charge is 0.497 e. The summed E-state index contributed by atoms with van der Waals surface area (Å²) >= 11 is 0. The number of aromatic nitrogens is 3. The van der Waals surface area contributed by atoms with Crippen LogP contribution in [0.2, 0.25) is 0 Å². The Morgan fingerprint density at radius 1 is 1.26 bits per heavy atom. The Labute approximate surface area is 115 Å². The summed E-state index contributed by atoms with van der Waals surface area (Å²) in [4.78, 5) is 0. The van der Waals surface area contributed by atoms with Crippen LogP contribution >= 0.6 is 10.7 Å². The molecule has 0 aliphatic rings. The van der Waals surface area contributed by atoms with E-state index in [1.807, 2.05) is 0 Å². The maximum absolute atomic E-state index is 11.4. The zero-order chi connectivity index (χ0) is 14.0. The summed E-state index contributed by atoms with van der Waals surface area (Å²) < 4.78 is 29.3. The fraction of sp³-hybridized carbons (Fsp3) is 0.273. The van der Waals surface area contributed by atoms with Gasteiger partial charge < -0.3 is 4.74 Å². The first-order valence-electron chi connectivity index (χ1n) is 5.49. The molecule has 1 aromatic heterocycles. The van der Waals surface area contributed by atoms with E-state index in [1.54, 1.807) is 38.3 Å². The average molecular weight is 302 g/mol. The number of ether oxygens (including phenoxy) is 1. The molecule has 2 rings (SSSR count). The third-order valence-electron chi connectivity index (χ3n) is 2.60. The van der Waals surface area contributed by atoms with Crippen LogP contribution in [0.25, 0.3) is 11.4 Å². The van der Waals surface area contributed by atoms with Crippen LogP contribution < -0.4 is 4.74 Å². The van der Waals surface area contributed by atoms with Crippen molar-refractivity contribution < 1.29 is 13.2 Å². The second kappa shape index (κ2) is 5.18. The molecule has 0 saturated heterocycles. The fourth-order valence-electron chi connectivity index (χ4n) is 1.71. The van der Waals surface area contributed by atoms with Gasteiger partial charge in [-0.15, -0.1) is 10.2 Å². The first-order valence-corrected chi connectivity index (χ1v) is 7.80. The molecule has 0 radical (unpaired) electrons. The van der Waals surface area contributed by atoms with Gasteiger partial charge in [-0.2, -0.15) is 0 Å². The van der Waals surface area contributed by atoms with E-state index in [0.717, 1.165) is 5.56 Å². The van der Waals surface area contributed by atoms with Crippen LogP contribution in [0.3, 0.4) is 0 Å². The Morgan fingerprint density at radius 2 is 1.89 bits per heavy atom. The van der Waals surface area contributed by atoms with E-state index in [0.29, 0.717) is 18.1 Å². The van der Waals surface area contributed by atoms with E-state index in [-0.39, 0.29) is 5.16 Å². The molecular formula is C11H12ClN3O3S.